The summed E-state index contributed by atoms with van der Waals surface area (Å²) in [5, 5.41) is 9.96. The van der Waals surface area contributed by atoms with Gasteiger partial charge in [-0.05, 0) is 42.0 Å². The van der Waals surface area contributed by atoms with E-state index in [0.29, 0.717) is 11.3 Å². The molecule has 3 rings (SSSR count). The molecule has 0 aliphatic carbocycles. The number of aromatic hydroxyl groups is 1. The highest BCUT2D eigenvalue weighted by molar-refractivity contribution is 6.15. The number of ether oxygens (including phenoxy) is 2. The molecule has 23 heavy (non-hydrogen) atoms. The lowest BCUT2D eigenvalue weighted by atomic mass is 9.88. The molecule has 0 aromatic heterocycles. The third kappa shape index (κ3) is 2.40. The molecule has 0 unspecified atom stereocenters. The Morgan fingerprint density at radius 2 is 1.78 bits per heavy atom. The maximum absolute atomic E-state index is 12.2. The van der Waals surface area contributed by atoms with Crippen LogP contribution in [-0.4, -0.2) is 25.2 Å². The third-order valence-corrected chi connectivity index (χ3v) is 3.95. The van der Waals surface area contributed by atoms with E-state index in [0.717, 1.165) is 17.0 Å². The fourth-order valence-electron chi connectivity index (χ4n) is 2.72. The van der Waals surface area contributed by atoms with Gasteiger partial charge in [-0.2, -0.15) is 0 Å². The lowest BCUT2D eigenvalue weighted by Gasteiger charge is -2.42. The second kappa shape index (κ2) is 5.68. The van der Waals surface area contributed by atoms with Crippen molar-refractivity contribution in [2.45, 2.75) is 6.04 Å². The van der Waals surface area contributed by atoms with Gasteiger partial charge >= 0.3 is 0 Å². The van der Waals surface area contributed by atoms with Crippen molar-refractivity contribution in [3.63, 3.8) is 0 Å². The first-order chi connectivity index (χ1) is 11.1. The molecule has 1 amide bonds. The molecule has 5 nitrogen and oxygen atoms in total. The van der Waals surface area contributed by atoms with Gasteiger partial charge in [-0.25, -0.2) is 0 Å². The second-order valence-electron chi connectivity index (χ2n) is 5.23. The van der Waals surface area contributed by atoms with Gasteiger partial charge in [0.2, 0.25) is 0 Å². The van der Waals surface area contributed by atoms with Crippen LogP contribution in [0.2, 0.25) is 0 Å². The molecule has 5 heteroatoms. The van der Waals surface area contributed by atoms with Crippen LogP contribution in [0.15, 0.2) is 54.6 Å². The number of anilines is 1. The Kier molecular flexibility index (Phi) is 3.70. The van der Waals surface area contributed by atoms with Gasteiger partial charge in [0, 0.05) is 11.3 Å². The first kappa shape index (κ1) is 15.0. The van der Waals surface area contributed by atoms with Gasteiger partial charge in [-0.15, -0.1) is 0 Å². The van der Waals surface area contributed by atoms with Crippen molar-refractivity contribution < 1.29 is 19.4 Å². The molecule has 2 aromatic rings. The molecule has 118 valence electrons. The van der Waals surface area contributed by atoms with Gasteiger partial charge in [0.05, 0.1) is 20.3 Å². The Bertz CT molecular complexity index is 767. The van der Waals surface area contributed by atoms with Crippen LogP contribution >= 0.6 is 0 Å². The van der Waals surface area contributed by atoms with E-state index < -0.39 is 0 Å². The Morgan fingerprint density at radius 3 is 2.35 bits per heavy atom. The quantitative estimate of drug-likeness (QED) is 0.696. The normalized spacial score (nSPS) is 17.0. The van der Waals surface area contributed by atoms with Gasteiger partial charge in [-0.3, -0.25) is 9.69 Å². The van der Waals surface area contributed by atoms with Crippen LogP contribution in [0.3, 0.4) is 0 Å². The number of hydrogen-bond donors (Lipinski definition) is 1. The maximum atomic E-state index is 12.2. The van der Waals surface area contributed by atoms with Gasteiger partial charge in [0.1, 0.15) is 5.75 Å². The number of β-lactam (4-membered cyclic amide) rings is 1. The second-order valence-corrected chi connectivity index (χ2v) is 5.23. The van der Waals surface area contributed by atoms with Crippen molar-refractivity contribution in [2.75, 3.05) is 19.1 Å². The molecular formula is C18H17NO4. The Hall–Kier alpha value is -2.95. The molecular weight excluding hydrogens is 294 g/mol. The van der Waals surface area contributed by atoms with E-state index in [-0.39, 0.29) is 17.7 Å². The van der Waals surface area contributed by atoms with Crippen LogP contribution in [-0.2, 0) is 4.79 Å². The zero-order chi connectivity index (χ0) is 16.6. The van der Waals surface area contributed by atoms with Crippen molar-refractivity contribution in [3.8, 4) is 17.2 Å². The molecule has 1 aliphatic rings. The summed E-state index contributed by atoms with van der Waals surface area (Å²) in [6.07, 6.45) is 0. The fraction of sp³-hybridized carbons (Fsp3) is 0.167. The van der Waals surface area contributed by atoms with Crippen molar-refractivity contribution in [1.29, 1.82) is 0 Å². The minimum absolute atomic E-state index is 0.0341. The number of carbonyl (C=O) groups is 1. The molecule has 1 saturated heterocycles. The summed E-state index contributed by atoms with van der Waals surface area (Å²) in [6, 6.07) is 12.0. The summed E-state index contributed by atoms with van der Waals surface area (Å²) < 4.78 is 10.2. The van der Waals surface area contributed by atoms with Crippen LogP contribution < -0.4 is 14.4 Å². The first-order valence-corrected chi connectivity index (χ1v) is 7.10. The Labute approximate surface area is 134 Å². The highest BCUT2D eigenvalue weighted by Crippen LogP contribution is 2.44. The summed E-state index contributed by atoms with van der Waals surface area (Å²) in [7, 11) is 3.08. The van der Waals surface area contributed by atoms with Crippen molar-refractivity contribution in [3.05, 3.63) is 60.2 Å². The van der Waals surface area contributed by atoms with Gasteiger partial charge in [-0.1, -0.05) is 12.6 Å². The predicted molar refractivity (Wildman–Crippen MR) is 87.0 cm³/mol. The highest BCUT2D eigenvalue weighted by atomic mass is 16.5. The fourth-order valence-corrected chi connectivity index (χ4v) is 2.72. The molecule has 1 N–H and O–H groups in total. The zero-order valence-electron chi connectivity index (χ0n) is 12.9. The summed E-state index contributed by atoms with van der Waals surface area (Å²) in [6.45, 7) is 3.85. The first-order valence-electron chi connectivity index (χ1n) is 7.10. The van der Waals surface area contributed by atoms with Crippen LogP contribution in [0.5, 0.6) is 17.2 Å². The number of hydrogen-bond acceptors (Lipinski definition) is 4. The minimum Gasteiger partial charge on any atom is -0.504 e. The Morgan fingerprint density at radius 1 is 1.09 bits per heavy atom. The molecule has 0 radical (unpaired) electrons. The van der Waals surface area contributed by atoms with E-state index in [1.807, 2.05) is 18.2 Å². The average molecular weight is 311 g/mol. The van der Waals surface area contributed by atoms with Gasteiger partial charge < -0.3 is 14.6 Å². The average Bonchev–Trinajstić information content (AvgIpc) is 2.58. The smallest absolute Gasteiger partial charge is 0.256 e. The van der Waals surface area contributed by atoms with E-state index in [1.165, 1.54) is 7.11 Å². The highest BCUT2D eigenvalue weighted by Gasteiger charge is 2.42. The van der Waals surface area contributed by atoms with E-state index in [4.69, 9.17) is 9.47 Å². The van der Waals surface area contributed by atoms with E-state index in [1.54, 1.807) is 36.3 Å². The third-order valence-electron chi connectivity index (χ3n) is 3.95. The summed E-state index contributed by atoms with van der Waals surface area (Å²) >= 11 is 0. The molecule has 1 atom stereocenters. The van der Waals surface area contributed by atoms with E-state index in [9.17, 15) is 9.90 Å². The topological polar surface area (TPSA) is 59.0 Å². The largest absolute Gasteiger partial charge is 0.504 e. The Balaban J connectivity index is 1.95. The van der Waals surface area contributed by atoms with Crippen LogP contribution in [0.25, 0.3) is 0 Å². The summed E-state index contributed by atoms with van der Waals surface area (Å²) in [5.41, 5.74) is 2.03. The summed E-state index contributed by atoms with van der Waals surface area (Å²) in [5.74, 6) is 1.02. The van der Waals surface area contributed by atoms with Crippen LogP contribution in [0.4, 0.5) is 5.69 Å². The number of nitrogens with zero attached hydrogens (tertiary/aromatic N) is 1. The van der Waals surface area contributed by atoms with Crippen LogP contribution in [0, 0.1) is 0 Å². The molecule has 0 saturated carbocycles. The lowest BCUT2D eigenvalue weighted by molar-refractivity contribution is -0.118. The monoisotopic (exact) mass is 311 g/mol. The number of phenolic OH excluding ortho intramolecular Hbond substituents is 1. The van der Waals surface area contributed by atoms with E-state index in [2.05, 4.69) is 6.58 Å². The predicted octanol–water partition coefficient (Wildman–Crippen LogP) is 3.05. The standard InChI is InChI=1S/C18H17NO4/c1-11-17(12-4-9-16(23-3)15(20)10-12)19(18(11)21)13-5-7-14(22-2)8-6-13/h4-10,17,20H,1H2,2-3H3/t17-/m1/s1. The summed E-state index contributed by atoms with van der Waals surface area (Å²) in [4.78, 5) is 13.9. The molecule has 1 heterocycles. The molecule has 0 spiro atoms. The number of phenols is 1. The van der Waals surface area contributed by atoms with Crippen molar-refractivity contribution >= 4 is 11.6 Å². The number of carbonyl (C=O) groups excluding carboxylic acids is 1. The minimum atomic E-state index is -0.298. The molecule has 1 fully saturated rings. The molecule has 2 aromatic carbocycles. The van der Waals surface area contributed by atoms with Crippen molar-refractivity contribution in [2.24, 2.45) is 0 Å². The number of amides is 1. The molecule has 0 bridgehead atoms. The van der Waals surface area contributed by atoms with Gasteiger partial charge in [0.25, 0.3) is 5.91 Å². The number of methoxy groups -OCH3 is 2. The zero-order valence-corrected chi connectivity index (χ0v) is 12.9. The number of rotatable bonds is 4. The van der Waals surface area contributed by atoms with Crippen LogP contribution in [0.1, 0.15) is 11.6 Å². The SMILES string of the molecule is C=C1C(=O)N(c2ccc(OC)cc2)[C@H]1c1ccc(OC)c(O)c1. The molecule has 1 aliphatic heterocycles. The maximum Gasteiger partial charge on any atom is 0.256 e. The van der Waals surface area contributed by atoms with Crippen molar-refractivity contribution in [1.82, 2.24) is 0 Å². The lowest BCUT2D eigenvalue weighted by Crippen LogP contribution is -2.48. The van der Waals surface area contributed by atoms with Gasteiger partial charge in [0.15, 0.2) is 11.5 Å². The van der Waals surface area contributed by atoms with E-state index >= 15 is 0 Å². The number of benzene rings is 2.